The molecule has 0 aliphatic heterocycles. The van der Waals surface area contributed by atoms with Gasteiger partial charge in [0.05, 0.1) is 33.9 Å². The number of amides is 1. The summed E-state index contributed by atoms with van der Waals surface area (Å²) in [6.07, 6.45) is -0.550. The summed E-state index contributed by atoms with van der Waals surface area (Å²) < 4.78 is 50.4. The minimum atomic E-state index is -4.19. The van der Waals surface area contributed by atoms with E-state index in [1.807, 2.05) is 20.2 Å². The Morgan fingerprint density at radius 2 is 1.97 bits per heavy atom. The number of halogens is 3. The molecule has 1 saturated carbocycles. The van der Waals surface area contributed by atoms with Crippen molar-refractivity contribution in [3.05, 3.63) is 47.5 Å². The van der Waals surface area contributed by atoms with Gasteiger partial charge in [-0.2, -0.15) is 18.3 Å². The maximum absolute atomic E-state index is 13.0. The maximum Gasteiger partial charge on any atom is 0.394 e. The first-order valence-electron chi connectivity index (χ1n) is 10.3. The molecule has 1 fully saturated rings. The van der Waals surface area contributed by atoms with Crippen LogP contribution in [0.25, 0.3) is 5.82 Å². The van der Waals surface area contributed by atoms with Crippen LogP contribution in [0.2, 0.25) is 0 Å². The number of carbonyl (C=O) groups is 1. The molecular weight excluding hydrogens is 457 g/mol. The van der Waals surface area contributed by atoms with E-state index >= 15 is 0 Å². The Morgan fingerprint density at radius 1 is 1.21 bits per heavy atom. The molecule has 0 radical (unpaired) electrons. The maximum atomic E-state index is 13.0. The molecule has 33 heavy (non-hydrogen) atoms. The molecule has 8 nitrogen and oxygen atoms in total. The van der Waals surface area contributed by atoms with Crippen LogP contribution >= 0.6 is 11.9 Å². The van der Waals surface area contributed by atoms with Crippen molar-refractivity contribution in [2.45, 2.75) is 44.2 Å². The van der Waals surface area contributed by atoms with Crippen LogP contribution in [0.1, 0.15) is 41.0 Å². The summed E-state index contributed by atoms with van der Waals surface area (Å²) in [6.45, 7) is 3.51. The van der Waals surface area contributed by atoms with Crippen molar-refractivity contribution in [3.8, 4) is 11.7 Å². The molecule has 1 amide bonds. The van der Waals surface area contributed by atoms with Gasteiger partial charge in [0.1, 0.15) is 0 Å². The number of alkyl halides is 3. The summed E-state index contributed by atoms with van der Waals surface area (Å²) in [7, 11) is 1.81. The third kappa shape index (κ3) is 5.00. The van der Waals surface area contributed by atoms with Crippen molar-refractivity contribution in [1.29, 1.82) is 0 Å². The van der Waals surface area contributed by atoms with E-state index in [1.54, 1.807) is 36.0 Å². The molecule has 4 rings (SSSR count). The van der Waals surface area contributed by atoms with Gasteiger partial charge < -0.3 is 4.74 Å². The van der Waals surface area contributed by atoms with Gasteiger partial charge in [0.25, 0.3) is 5.91 Å². The second kappa shape index (κ2) is 8.73. The fourth-order valence-electron chi connectivity index (χ4n) is 3.44. The SMILES string of the molecule is Cc1nn(C)cc1SNC(=O)c1ccc(-n2ccc(OCCC3(C(F)(F)F)CC3)n2)nc1C. The second-order valence-corrected chi connectivity index (χ2v) is 8.91. The number of rotatable bonds is 8. The van der Waals surface area contributed by atoms with Crippen LogP contribution in [0, 0.1) is 19.3 Å². The van der Waals surface area contributed by atoms with Crippen LogP contribution in [0.15, 0.2) is 35.5 Å². The lowest BCUT2D eigenvalue weighted by atomic mass is 10.0. The van der Waals surface area contributed by atoms with E-state index < -0.39 is 11.6 Å². The molecule has 176 valence electrons. The first-order chi connectivity index (χ1) is 15.6. The van der Waals surface area contributed by atoms with Crippen LogP contribution in [0.5, 0.6) is 5.88 Å². The minimum absolute atomic E-state index is 0.0594. The molecule has 0 atom stereocenters. The van der Waals surface area contributed by atoms with Crippen LogP contribution < -0.4 is 9.46 Å². The Balaban J connectivity index is 1.35. The van der Waals surface area contributed by atoms with Gasteiger partial charge in [-0.05, 0) is 57.2 Å². The summed E-state index contributed by atoms with van der Waals surface area (Å²) >= 11 is 1.18. The highest BCUT2D eigenvalue weighted by Gasteiger charge is 2.62. The van der Waals surface area contributed by atoms with Gasteiger partial charge in [-0.1, -0.05) is 0 Å². The molecule has 0 aromatic carbocycles. The van der Waals surface area contributed by atoms with Gasteiger partial charge in [0.15, 0.2) is 5.82 Å². The number of aromatic nitrogens is 5. The lowest BCUT2D eigenvalue weighted by Crippen LogP contribution is -2.26. The van der Waals surface area contributed by atoms with Gasteiger partial charge in [-0.25, -0.2) is 9.67 Å². The van der Waals surface area contributed by atoms with Gasteiger partial charge in [0.2, 0.25) is 5.88 Å². The van der Waals surface area contributed by atoms with Gasteiger partial charge >= 0.3 is 6.18 Å². The first-order valence-corrected chi connectivity index (χ1v) is 11.1. The quantitative estimate of drug-likeness (QED) is 0.487. The molecule has 1 aliphatic carbocycles. The number of nitrogens with one attached hydrogen (secondary N) is 1. The van der Waals surface area contributed by atoms with E-state index in [0.717, 1.165) is 10.6 Å². The average Bonchev–Trinajstić information content (AvgIpc) is 3.28. The number of hydrogen-bond acceptors (Lipinski definition) is 6. The first kappa shape index (κ1) is 23.1. The predicted octanol–water partition coefficient (Wildman–Crippen LogP) is 4.17. The van der Waals surface area contributed by atoms with E-state index in [2.05, 4.69) is 19.9 Å². The van der Waals surface area contributed by atoms with E-state index in [-0.39, 0.29) is 37.7 Å². The second-order valence-electron chi connectivity index (χ2n) is 8.06. The summed E-state index contributed by atoms with van der Waals surface area (Å²) in [4.78, 5) is 17.8. The molecule has 1 N–H and O–H groups in total. The number of carbonyl (C=O) groups excluding carboxylic acids is 1. The Morgan fingerprint density at radius 3 is 2.58 bits per heavy atom. The average molecular weight is 481 g/mol. The number of hydrogen-bond donors (Lipinski definition) is 1. The summed E-state index contributed by atoms with van der Waals surface area (Å²) in [6, 6.07) is 4.85. The zero-order valence-electron chi connectivity index (χ0n) is 18.3. The van der Waals surface area contributed by atoms with Crippen molar-refractivity contribution < 1.29 is 22.7 Å². The summed E-state index contributed by atoms with van der Waals surface area (Å²) in [5.74, 6) is 0.393. The van der Waals surface area contributed by atoms with Gasteiger partial charge in [-0.3, -0.25) is 14.2 Å². The van der Waals surface area contributed by atoms with E-state index in [4.69, 9.17) is 4.74 Å². The van der Waals surface area contributed by atoms with Crippen molar-refractivity contribution in [1.82, 2.24) is 29.3 Å². The standard InChI is InChI=1S/C21H23F3N6O2S/c1-13-15(19(31)28-33-16-12-29(3)26-14(16)2)4-5-17(25-13)30-10-6-18(27-30)32-11-9-20(7-8-20)21(22,23)24/h4-6,10,12H,7-9,11H2,1-3H3,(H,28,31). The van der Waals surface area contributed by atoms with Gasteiger partial charge in [-0.15, -0.1) is 5.10 Å². The zero-order chi connectivity index (χ0) is 23.8. The molecule has 3 aromatic rings. The van der Waals surface area contributed by atoms with Crippen LogP contribution in [-0.4, -0.2) is 43.2 Å². The highest BCUT2D eigenvalue weighted by Crippen LogP contribution is 2.59. The van der Waals surface area contributed by atoms with Crippen molar-refractivity contribution in [2.75, 3.05) is 6.61 Å². The van der Waals surface area contributed by atoms with E-state index in [1.165, 1.54) is 16.6 Å². The third-order valence-corrected chi connectivity index (χ3v) is 6.53. The van der Waals surface area contributed by atoms with Crippen molar-refractivity contribution in [2.24, 2.45) is 12.5 Å². The monoisotopic (exact) mass is 480 g/mol. The Labute approximate surface area is 192 Å². The number of pyridine rings is 1. The Bertz CT molecular complexity index is 1170. The third-order valence-electron chi connectivity index (χ3n) is 5.62. The highest BCUT2D eigenvalue weighted by atomic mass is 32.2. The van der Waals surface area contributed by atoms with Crippen molar-refractivity contribution in [3.63, 3.8) is 0 Å². The molecule has 0 bridgehead atoms. The molecular formula is C21H23F3N6O2S. The smallest absolute Gasteiger partial charge is 0.394 e. The Hall–Kier alpha value is -3.02. The topological polar surface area (TPSA) is 86.9 Å². The molecule has 3 heterocycles. The number of nitrogens with zero attached hydrogens (tertiary/aromatic N) is 5. The zero-order valence-corrected chi connectivity index (χ0v) is 19.1. The van der Waals surface area contributed by atoms with Crippen LogP contribution in [0.4, 0.5) is 13.2 Å². The van der Waals surface area contributed by atoms with E-state index in [9.17, 15) is 18.0 Å². The Kier molecular flexibility index (Phi) is 6.12. The van der Waals surface area contributed by atoms with Crippen LogP contribution in [0.3, 0.4) is 0 Å². The molecule has 12 heteroatoms. The minimum Gasteiger partial charge on any atom is -0.477 e. The molecule has 0 spiro atoms. The lowest BCUT2D eigenvalue weighted by molar-refractivity contribution is -0.190. The number of aryl methyl sites for hydroxylation is 3. The highest BCUT2D eigenvalue weighted by molar-refractivity contribution is 7.98. The number of ether oxygens (including phenoxy) is 1. The molecule has 0 unspecified atom stereocenters. The van der Waals surface area contributed by atoms with Crippen LogP contribution in [-0.2, 0) is 7.05 Å². The van der Waals surface area contributed by atoms with Crippen molar-refractivity contribution >= 4 is 17.9 Å². The molecule has 1 aliphatic rings. The molecule has 3 aromatic heterocycles. The largest absolute Gasteiger partial charge is 0.477 e. The summed E-state index contributed by atoms with van der Waals surface area (Å²) in [5.41, 5.74) is 0.139. The fraction of sp³-hybridized carbons (Fsp3) is 0.429. The van der Waals surface area contributed by atoms with E-state index in [0.29, 0.717) is 17.1 Å². The lowest BCUT2D eigenvalue weighted by Gasteiger charge is -2.18. The fourth-order valence-corrected chi connectivity index (χ4v) is 4.14. The summed E-state index contributed by atoms with van der Waals surface area (Å²) in [5, 5.41) is 8.46. The molecule has 0 saturated heterocycles. The van der Waals surface area contributed by atoms with Gasteiger partial charge in [0, 0.05) is 25.5 Å². The normalized spacial score (nSPS) is 14.8. The predicted molar refractivity (Wildman–Crippen MR) is 115 cm³/mol.